The number of hydrogen-bond acceptors (Lipinski definition) is 2. The molecule has 2 N–H and O–H groups in total. The van der Waals surface area contributed by atoms with Gasteiger partial charge in [0.1, 0.15) is 11.6 Å². The van der Waals surface area contributed by atoms with Crippen LogP contribution in [0.25, 0.3) is 22.1 Å². The molecule has 0 saturated heterocycles. The molecule has 144 valence electrons. The third-order valence-corrected chi connectivity index (χ3v) is 5.78. The summed E-state index contributed by atoms with van der Waals surface area (Å²) in [4.78, 5) is 16.9. The van der Waals surface area contributed by atoms with Crippen molar-refractivity contribution in [3.63, 3.8) is 0 Å². The smallest absolute Gasteiger partial charge is 0.111 e. The maximum Gasteiger partial charge on any atom is 0.111 e. The predicted molar refractivity (Wildman–Crippen MR) is 118 cm³/mol. The van der Waals surface area contributed by atoms with Crippen LogP contribution in [-0.4, -0.2) is 19.9 Å². The number of aryl methyl sites for hydroxylation is 1. The summed E-state index contributed by atoms with van der Waals surface area (Å²) in [6.07, 6.45) is 0.901. The molecule has 4 heteroatoms. The van der Waals surface area contributed by atoms with Crippen LogP contribution in [0.3, 0.4) is 0 Å². The molecule has 29 heavy (non-hydrogen) atoms. The van der Waals surface area contributed by atoms with Crippen LogP contribution < -0.4 is 0 Å². The normalized spacial score (nSPS) is 13.7. The van der Waals surface area contributed by atoms with Gasteiger partial charge in [-0.3, -0.25) is 0 Å². The molecular formula is C25H24N4. The van der Waals surface area contributed by atoms with Crippen molar-refractivity contribution in [1.82, 2.24) is 19.9 Å². The lowest BCUT2D eigenvalue weighted by Gasteiger charge is -2.21. The topological polar surface area (TPSA) is 57.4 Å². The summed E-state index contributed by atoms with van der Waals surface area (Å²) in [7, 11) is 0. The molecule has 2 aromatic heterocycles. The lowest BCUT2D eigenvalue weighted by atomic mass is 9.86. The molecule has 0 spiro atoms. The summed E-state index contributed by atoms with van der Waals surface area (Å²) in [5, 5.41) is 0. The number of aromatic amines is 2. The fourth-order valence-electron chi connectivity index (χ4n) is 4.02. The molecule has 0 bridgehead atoms. The molecule has 0 aliphatic carbocycles. The summed E-state index contributed by atoms with van der Waals surface area (Å²) in [5.74, 6) is 2.39. The van der Waals surface area contributed by atoms with Crippen LogP contribution >= 0.6 is 0 Å². The van der Waals surface area contributed by atoms with Gasteiger partial charge < -0.3 is 9.97 Å². The Hall–Kier alpha value is -3.40. The second-order valence-corrected chi connectivity index (χ2v) is 7.86. The maximum absolute atomic E-state index is 4.93. The van der Waals surface area contributed by atoms with E-state index in [9.17, 15) is 0 Å². The zero-order valence-corrected chi connectivity index (χ0v) is 16.7. The van der Waals surface area contributed by atoms with Crippen LogP contribution in [0.5, 0.6) is 0 Å². The average molecular weight is 380 g/mol. The van der Waals surface area contributed by atoms with E-state index in [1.165, 1.54) is 11.1 Å². The zero-order chi connectivity index (χ0) is 19.8. The minimum Gasteiger partial charge on any atom is -0.342 e. The first kappa shape index (κ1) is 17.7. The Morgan fingerprint density at radius 1 is 0.724 bits per heavy atom. The van der Waals surface area contributed by atoms with Crippen LogP contribution in [0.2, 0.25) is 0 Å². The molecule has 0 fully saturated rings. The van der Waals surface area contributed by atoms with Crippen molar-refractivity contribution < 1.29 is 0 Å². The summed E-state index contributed by atoms with van der Waals surface area (Å²) < 4.78 is 0. The number of fused-ring (bicyclic) bond motifs is 2. The highest BCUT2D eigenvalue weighted by Crippen LogP contribution is 2.34. The van der Waals surface area contributed by atoms with Crippen molar-refractivity contribution in [3.05, 3.63) is 95.6 Å². The van der Waals surface area contributed by atoms with E-state index in [1.807, 2.05) is 24.3 Å². The molecule has 5 rings (SSSR count). The van der Waals surface area contributed by atoms with Gasteiger partial charge in [-0.1, -0.05) is 61.0 Å². The third-order valence-electron chi connectivity index (χ3n) is 5.78. The van der Waals surface area contributed by atoms with Crippen LogP contribution in [-0.2, 0) is 6.42 Å². The number of imidazole rings is 2. The molecule has 0 radical (unpaired) electrons. The SMILES string of the molecule is Cc1ccc(C[C@H](c2nc3ccccc3[nH]2)[C@@H](C)c2nc3ccccc3[nH]2)cc1. The molecule has 5 aromatic rings. The molecule has 2 heterocycles. The van der Waals surface area contributed by atoms with Gasteiger partial charge in [0.25, 0.3) is 0 Å². The van der Waals surface area contributed by atoms with Crippen LogP contribution in [0.15, 0.2) is 72.8 Å². The number of hydrogen-bond donors (Lipinski definition) is 2. The lowest BCUT2D eigenvalue weighted by molar-refractivity contribution is 0.530. The largest absolute Gasteiger partial charge is 0.342 e. The van der Waals surface area contributed by atoms with Crippen molar-refractivity contribution in [2.24, 2.45) is 0 Å². The number of benzene rings is 3. The van der Waals surface area contributed by atoms with E-state index < -0.39 is 0 Å². The van der Waals surface area contributed by atoms with Crippen molar-refractivity contribution in [2.45, 2.75) is 32.1 Å². The minimum absolute atomic E-state index is 0.185. The summed E-state index contributed by atoms with van der Waals surface area (Å²) >= 11 is 0. The van der Waals surface area contributed by atoms with E-state index in [0.29, 0.717) is 0 Å². The molecule has 0 aliphatic heterocycles. The van der Waals surface area contributed by atoms with Gasteiger partial charge >= 0.3 is 0 Å². The molecule has 0 unspecified atom stereocenters. The summed E-state index contributed by atoms with van der Waals surface area (Å²) in [5.41, 5.74) is 6.76. The highest BCUT2D eigenvalue weighted by Gasteiger charge is 2.27. The van der Waals surface area contributed by atoms with E-state index in [0.717, 1.165) is 40.1 Å². The van der Waals surface area contributed by atoms with Crippen LogP contribution in [0.4, 0.5) is 0 Å². The number of aromatic nitrogens is 4. The average Bonchev–Trinajstić information content (AvgIpc) is 3.37. The molecule has 2 atom stereocenters. The second kappa shape index (κ2) is 7.21. The first-order chi connectivity index (χ1) is 14.2. The number of nitrogens with zero attached hydrogens (tertiary/aromatic N) is 2. The summed E-state index contributed by atoms with van der Waals surface area (Å²) in [6.45, 7) is 4.36. The first-order valence-corrected chi connectivity index (χ1v) is 10.1. The Balaban J connectivity index is 1.57. The Morgan fingerprint density at radius 3 is 1.90 bits per heavy atom. The van der Waals surface area contributed by atoms with Gasteiger partial charge in [-0.05, 0) is 43.2 Å². The Labute approximate surface area is 170 Å². The van der Waals surface area contributed by atoms with Crippen LogP contribution in [0, 0.1) is 6.92 Å². The molecule has 0 aliphatic rings. The highest BCUT2D eigenvalue weighted by molar-refractivity contribution is 5.75. The van der Waals surface area contributed by atoms with Gasteiger partial charge in [0.2, 0.25) is 0 Å². The van der Waals surface area contributed by atoms with E-state index in [4.69, 9.17) is 9.97 Å². The van der Waals surface area contributed by atoms with Crippen molar-refractivity contribution in [1.29, 1.82) is 0 Å². The number of rotatable bonds is 5. The van der Waals surface area contributed by atoms with Crippen molar-refractivity contribution in [3.8, 4) is 0 Å². The predicted octanol–water partition coefficient (Wildman–Crippen LogP) is 5.88. The zero-order valence-electron chi connectivity index (χ0n) is 16.7. The highest BCUT2D eigenvalue weighted by atomic mass is 15.0. The number of para-hydroxylation sites is 4. The molecule has 3 aromatic carbocycles. The van der Waals surface area contributed by atoms with Gasteiger partial charge in [0.15, 0.2) is 0 Å². The molecule has 0 saturated carbocycles. The van der Waals surface area contributed by atoms with E-state index in [1.54, 1.807) is 0 Å². The quantitative estimate of drug-likeness (QED) is 0.400. The standard InChI is InChI=1S/C25H24N4/c1-16-11-13-18(14-12-16)15-19(25-28-22-9-5-6-10-23(22)29-25)17(2)24-26-20-7-3-4-8-21(20)27-24/h3-14,17,19H,15H2,1-2H3,(H,26,27)(H,28,29)/t17-,19+/m1/s1. The van der Waals surface area contributed by atoms with Gasteiger partial charge in [0, 0.05) is 11.8 Å². The minimum atomic E-state index is 0.185. The number of H-pyrrole nitrogens is 2. The Morgan fingerprint density at radius 2 is 1.28 bits per heavy atom. The van der Waals surface area contributed by atoms with Gasteiger partial charge in [-0.2, -0.15) is 0 Å². The Kier molecular flexibility index (Phi) is 4.39. The fraction of sp³-hybridized carbons (Fsp3) is 0.200. The second-order valence-electron chi connectivity index (χ2n) is 7.86. The summed E-state index contributed by atoms with van der Waals surface area (Å²) in [6, 6.07) is 25.2. The van der Waals surface area contributed by atoms with Gasteiger partial charge in [-0.25, -0.2) is 9.97 Å². The van der Waals surface area contributed by atoms with Crippen LogP contribution in [0.1, 0.15) is 41.5 Å². The molecule has 4 nitrogen and oxygen atoms in total. The van der Waals surface area contributed by atoms with Crippen molar-refractivity contribution in [2.75, 3.05) is 0 Å². The number of nitrogens with one attached hydrogen (secondary N) is 2. The van der Waals surface area contributed by atoms with Gasteiger partial charge in [0.05, 0.1) is 22.1 Å². The van der Waals surface area contributed by atoms with E-state index >= 15 is 0 Å². The third kappa shape index (κ3) is 3.42. The lowest BCUT2D eigenvalue weighted by Crippen LogP contribution is -2.14. The first-order valence-electron chi connectivity index (χ1n) is 10.1. The van der Waals surface area contributed by atoms with E-state index in [2.05, 4.69) is 72.3 Å². The fourth-order valence-corrected chi connectivity index (χ4v) is 4.02. The molecule has 0 amide bonds. The monoisotopic (exact) mass is 380 g/mol. The molecular weight excluding hydrogens is 356 g/mol. The van der Waals surface area contributed by atoms with E-state index in [-0.39, 0.29) is 11.8 Å². The maximum atomic E-state index is 4.93. The van der Waals surface area contributed by atoms with Crippen molar-refractivity contribution >= 4 is 22.1 Å². The Bertz CT molecular complexity index is 1200. The van der Waals surface area contributed by atoms with Gasteiger partial charge in [-0.15, -0.1) is 0 Å².